The van der Waals surface area contributed by atoms with Gasteiger partial charge in [0.15, 0.2) is 0 Å². The Bertz CT molecular complexity index is 478. The predicted octanol–water partition coefficient (Wildman–Crippen LogP) is 1.69. The molecular weight excluding hydrogens is 212 g/mol. The molecule has 4 nitrogen and oxygen atoms in total. The third kappa shape index (κ3) is 1.73. The molecule has 0 saturated carbocycles. The number of hydrogen-bond acceptors (Lipinski definition) is 3. The van der Waals surface area contributed by atoms with Crippen molar-refractivity contribution in [3.05, 3.63) is 40.7 Å². The lowest BCUT2D eigenvalue weighted by Crippen LogP contribution is -2.08. The van der Waals surface area contributed by atoms with E-state index in [4.69, 9.17) is 17.3 Å². The highest BCUT2D eigenvalue weighted by Crippen LogP contribution is 2.22. The van der Waals surface area contributed by atoms with Crippen molar-refractivity contribution in [1.29, 1.82) is 0 Å². The molecule has 1 aromatic carbocycles. The molecule has 0 amide bonds. The van der Waals surface area contributed by atoms with Gasteiger partial charge in [-0.1, -0.05) is 22.9 Å². The maximum atomic E-state index is 6.03. The average molecular weight is 223 g/mol. The van der Waals surface area contributed by atoms with Crippen LogP contribution in [0.25, 0.3) is 5.69 Å². The number of aromatic nitrogens is 3. The van der Waals surface area contributed by atoms with Crippen LogP contribution in [0.4, 0.5) is 0 Å². The lowest BCUT2D eigenvalue weighted by Gasteiger charge is -2.08. The quantitative estimate of drug-likeness (QED) is 0.841. The summed E-state index contributed by atoms with van der Waals surface area (Å²) < 4.78 is 1.71. The first-order valence-corrected chi connectivity index (χ1v) is 4.97. The maximum absolute atomic E-state index is 6.03. The Morgan fingerprint density at radius 3 is 3.00 bits per heavy atom. The van der Waals surface area contributed by atoms with Crippen LogP contribution in [0.3, 0.4) is 0 Å². The minimum absolute atomic E-state index is 0.402. The highest BCUT2D eigenvalue weighted by Gasteiger charge is 2.08. The van der Waals surface area contributed by atoms with Crippen molar-refractivity contribution < 1.29 is 0 Å². The van der Waals surface area contributed by atoms with E-state index in [-0.39, 0.29) is 0 Å². The second-order valence-electron chi connectivity index (χ2n) is 3.23. The van der Waals surface area contributed by atoms with Crippen LogP contribution in [0.1, 0.15) is 11.3 Å². The van der Waals surface area contributed by atoms with Crippen molar-refractivity contribution in [3.63, 3.8) is 0 Å². The van der Waals surface area contributed by atoms with Crippen LogP contribution in [0.15, 0.2) is 24.4 Å². The van der Waals surface area contributed by atoms with E-state index in [9.17, 15) is 0 Å². The van der Waals surface area contributed by atoms with Crippen LogP contribution in [0.5, 0.6) is 0 Å². The Labute approximate surface area is 92.7 Å². The topological polar surface area (TPSA) is 56.7 Å². The Morgan fingerprint density at radius 1 is 1.47 bits per heavy atom. The molecule has 0 unspecified atom stereocenters. The molecule has 0 atom stereocenters. The molecule has 0 aliphatic rings. The SMILES string of the molecule is Cc1c(Cl)cccc1-n1nncc1CN. The normalized spacial score (nSPS) is 10.6. The Hall–Kier alpha value is -1.39. The zero-order valence-electron chi connectivity index (χ0n) is 8.31. The third-order valence-electron chi connectivity index (χ3n) is 2.30. The molecule has 0 spiro atoms. The monoisotopic (exact) mass is 222 g/mol. The third-order valence-corrected chi connectivity index (χ3v) is 2.71. The zero-order chi connectivity index (χ0) is 10.8. The summed E-state index contributed by atoms with van der Waals surface area (Å²) >= 11 is 6.03. The van der Waals surface area contributed by atoms with Gasteiger partial charge in [0.2, 0.25) is 0 Å². The Kier molecular flexibility index (Phi) is 2.70. The van der Waals surface area contributed by atoms with E-state index in [1.165, 1.54) is 0 Å². The Balaban J connectivity index is 2.59. The first kappa shape index (κ1) is 10.1. The van der Waals surface area contributed by atoms with Crippen LogP contribution in [-0.2, 0) is 6.54 Å². The molecule has 0 fully saturated rings. The second-order valence-corrected chi connectivity index (χ2v) is 3.63. The molecule has 0 aliphatic heterocycles. The van der Waals surface area contributed by atoms with Crippen molar-refractivity contribution in [2.24, 2.45) is 5.73 Å². The van der Waals surface area contributed by atoms with Crippen LogP contribution >= 0.6 is 11.6 Å². The zero-order valence-corrected chi connectivity index (χ0v) is 9.07. The van der Waals surface area contributed by atoms with Gasteiger partial charge in [0, 0.05) is 11.6 Å². The summed E-state index contributed by atoms with van der Waals surface area (Å²) in [6.07, 6.45) is 1.65. The van der Waals surface area contributed by atoms with Gasteiger partial charge in [-0.15, -0.1) is 5.10 Å². The van der Waals surface area contributed by atoms with Gasteiger partial charge < -0.3 is 5.73 Å². The van der Waals surface area contributed by atoms with E-state index in [0.29, 0.717) is 11.6 Å². The van der Waals surface area contributed by atoms with E-state index in [2.05, 4.69) is 10.3 Å². The summed E-state index contributed by atoms with van der Waals surface area (Å²) in [6, 6.07) is 5.67. The summed E-state index contributed by atoms with van der Waals surface area (Å²) in [5.74, 6) is 0. The van der Waals surface area contributed by atoms with Gasteiger partial charge in [-0.25, -0.2) is 4.68 Å². The molecule has 2 N–H and O–H groups in total. The van der Waals surface area contributed by atoms with Crippen molar-refractivity contribution in [1.82, 2.24) is 15.0 Å². The largest absolute Gasteiger partial charge is 0.325 e. The van der Waals surface area contributed by atoms with E-state index in [0.717, 1.165) is 16.9 Å². The predicted molar refractivity (Wildman–Crippen MR) is 59.0 cm³/mol. The van der Waals surface area contributed by atoms with Crippen LogP contribution in [-0.4, -0.2) is 15.0 Å². The van der Waals surface area contributed by atoms with Crippen LogP contribution < -0.4 is 5.73 Å². The van der Waals surface area contributed by atoms with Gasteiger partial charge in [-0.05, 0) is 24.6 Å². The number of nitrogens with zero attached hydrogens (tertiary/aromatic N) is 3. The van der Waals surface area contributed by atoms with Crippen LogP contribution in [0.2, 0.25) is 5.02 Å². The summed E-state index contributed by atoms with van der Waals surface area (Å²) in [6.45, 7) is 2.35. The first-order chi connectivity index (χ1) is 7.24. The number of hydrogen-bond donors (Lipinski definition) is 1. The first-order valence-electron chi connectivity index (χ1n) is 4.59. The molecule has 0 bridgehead atoms. The highest BCUT2D eigenvalue weighted by atomic mass is 35.5. The molecule has 15 heavy (non-hydrogen) atoms. The average Bonchev–Trinajstić information content (AvgIpc) is 2.70. The number of nitrogens with two attached hydrogens (primary N) is 1. The molecular formula is C10H11ClN4. The van der Waals surface area contributed by atoms with Crippen molar-refractivity contribution >= 4 is 11.6 Å². The van der Waals surface area contributed by atoms with E-state index in [1.54, 1.807) is 10.9 Å². The number of rotatable bonds is 2. The standard InChI is InChI=1S/C10H11ClN4/c1-7-9(11)3-2-4-10(7)15-8(5-12)6-13-14-15/h2-4,6H,5,12H2,1H3. The summed E-state index contributed by atoms with van der Waals surface area (Å²) in [5.41, 5.74) is 8.34. The summed E-state index contributed by atoms with van der Waals surface area (Å²) in [4.78, 5) is 0. The molecule has 0 aliphatic carbocycles. The number of halogens is 1. The second kappa shape index (κ2) is 4.00. The molecule has 78 valence electrons. The number of benzene rings is 1. The smallest absolute Gasteiger partial charge is 0.0781 e. The maximum Gasteiger partial charge on any atom is 0.0781 e. The van der Waals surface area contributed by atoms with Gasteiger partial charge in [-0.2, -0.15) is 0 Å². The van der Waals surface area contributed by atoms with E-state index >= 15 is 0 Å². The minimum Gasteiger partial charge on any atom is -0.325 e. The molecule has 0 saturated heterocycles. The summed E-state index contributed by atoms with van der Waals surface area (Å²) in [5, 5.41) is 8.53. The Morgan fingerprint density at radius 2 is 2.27 bits per heavy atom. The lowest BCUT2D eigenvalue weighted by molar-refractivity contribution is 0.757. The summed E-state index contributed by atoms with van der Waals surface area (Å²) in [7, 11) is 0. The van der Waals surface area contributed by atoms with Gasteiger partial charge in [0.25, 0.3) is 0 Å². The van der Waals surface area contributed by atoms with E-state index in [1.807, 2.05) is 25.1 Å². The molecule has 0 radical (unpaired) electrons. The lowest BCUT2D eigenvalue weighted by atomic mass is 10.2. The fraction of sp³-hybridized carbons (Fsp3) is 0.200. The fourth-order valence-electron chi connectivity index (χ4n) is 1.42. The van der Waals surface area contributed by atoms with Crippen LogP contribution in [0, 0.1) is 6.92 Å². The minimum atomic E-state index is 0.402. The molecule has 1 heterocycles. The molecule has 2 aromatic rings. The molecule has 1 aromatic heterocycles. The van der Waals surface area contributed by atoms with Crippen molar-refractivity contribution in [2.75, 3.05) is 0 Å². The fourth-order valence-corrected chi connectivity index (χ4v) is 1.59. The van der Waals surface area contributed by atoms with Gasteiger partial charge in [0.05, 0.1) is 17.6 Å². The van der Waals surface area contributed by atoms with E-state index < -0.39 is 0 Å². The van der Waals surface area contributed by atoms with Gasteiger partial charge in [-0.3, -0.25) is 0 Å². The molecule has 2 rings (SSSR count). The highest BCUT2D eigenvalue weighted by molar-refractivity contribution is 6.31. The van der Waals surface area contributed by atoms with Gasteiger partial charge in [0.1, 0.15) is 0 Å². The molecule has 5 heteroatoms. The van der Waals surface area contributed by atoms with Crippen molar-refractivity contribution in [3.8, 4) is 5.69 Å². The van der Waals surface area contributed by atoms with Gasteiger partial charge >= 0.3 is 0 Å². The van der Waals surface area contributed by atoms with Crippen molar-refractivity contribution in [2.45, 2.75) is 13.5 Å².